The van der Waals surface area contributed by atoms with Crippen LogP contribution in [0.5, 0.6) is 0 Å². The van der Waals surface area contributed by atoms with Gasteiger partial charge in [0.05, 0.1) is 44.9 Å². The van der Waals surface area contributed by atoms with Crippen molar-refractivity contribution in [2.24, 2.45) is 51.9 Å². The van der Waals surface area contributed by atoms with E-state index in [0.29, 0.717) is 12.1 Å². The summed E-state index contributed by atoms with van der Waals surface area (Å²) in [7, 11) is 10.8. The fourth-order valence-electron chi connectivity index (χ4n) is 15.9. The van der Waals surface area contributed by atoms with Gasteiger partial charge in [0.25, 0.3) is 23.3 Å². The second-order valence-electron chi connectivity index (χ2n) is 28.6. The highest BCUT2D eigenvalue weighted by molar-refractivity contribution is 6.09. The van der Waals surface area contributed by atoms with Crippen LogP contribution in [-0.4, -0.2) is 43.2 Å². The molecule has 4 aromatic heterocycles. The summed E-state index contributed by atoms with van der Waals surface area (Å²) in [6.07, 6.45) is 30.9. The van der Waals surface area contributed by atoms with Crippen molar-refractivity contribution in [3.05, 3.63) is 329 Å². The predicted octanol–water partition coefficient (Wildman–Crippen LogP) is 31.6. The van der Waals surface area contributed by atoms with Gasteiger partial charge in [0.1, 0.15) is 79.1 Å². The van der Waals surface area contributed by atoms with Crippen molar-refractivity contribution in [1.82, 2.24) is 13.7 Å². The van der Waals surface area contributed by atoms with Crippen LogP contribution in [0.2, 0.25) is 0 Å². The first-order chi connectivity index (χ1) is 61.3. The van der Waals surface area contributed by atoms with E-state index in [1.807, 2.05) is 180 Å². The number of amidine groups is 1. The van der Waals surface area contributed by atoms with Gasteiger partial charge in [0.15, 0.2) is 0 Å². The number of fused-ring (bicyclic) bond motifs is 6. The first-order valence-corrected chi connectivity index (χ1v) is 48.6. The molecule has 9 heteroatoms. The first kappa shape index (κ1) is 117. The molecule has 3 fully saturated rings. The Morgan fingerprint density at radius 2 is 0.789 bits per heavy atom. The molecule has 3 saturated carbocycles. The van der Waals surface area contributed by atoms with Crippen LogP contribution >= 0.6 is 0 Å². The summed E-state index contributed by atoms with van der Waals surface area (Å²) >= 11 is 0. The van der Waals surface area contributed by atoms with E-state index in [0.717, 1.165) is 30.1 Å². The van der Waals surface area contributed by atoms with E-state index >= 15 is 0 Å². The zero-order valence-corrected chi connectivity index (χ0v) is 84.9. The molecule has 128 heavy (non-hydrogen) atoms. The van der Waals surface area contributed by atoms with Crippen LogP contribution in [0.4, 0.5) is 5.69 Å². The summed E-state index contributed by atoms with van der Waals surface area (Å²) in [5, 5.41) is 1.29. The molecule has 0 saturated heterocycles. The van der Waals surface area contributed by atoms with Crippen molar-refractivity contribution < 1.29 is 22.8 Å². The number of likely N-dealkylation sites (N-methyl/N-ethyl adjacent to an activating group) is 1. The number of allylic oxidation sites excluding steroid dienone is 8. The average Bonchev–Trinajstić information content (AvgIpc) is 1.56. The van der Waals surface area contributed by atoms with Gasteiger partial charge in [0.2, 0.25) is 11.2 Å². The van der Waals surface area contributed by atoms with E-state index in [1.165, 1.54) is 161 Å². The molecule has 0 spiro atoms. The highest BCUT2D eigenvalue weighted by Gasteiger charge is 2.60. The summed E-state index contributed by atoms with van der Waals surface area (Å²) in [6, 6.07) is 72.7. The minimum absolute atomic E-state index is 0. The molecule has 0 N–H and O–H groups in total. The molecule has 20 rings (SSSR count). The Balaban J connectivity index is 0.00000147. The number of imidazole rings is 3. The smallest absolute Gasteiger partial charge is 0.257 e. The molecule has 5 heterocycles. The second-order valence-corrected chi connectivity index (χ2v) is 28.6. The zero-order valence-electron chi connectivity index (χ0n) is 84.9. The lowest BCUT2D eigenvalue weighted by molar-refractivity contribution is -0.673. The van der Waals surface area contributed by atoms with E-state index in [-0.39, 0.29) is 22.3 Å². The second kappa shape index (κ2) is 61.6. The van der Waals surface area contributed by atoms with Crippen molar-refractivity contribution in [3.8, 4) is 45.4 Å². The number of nitrogens with zero attached hydrogens (tertiary/aromatic N) is 9. The van der Waals surface area contributed by atoms with Gasteiger partial charge >= 0.3 is 0 Å². The molecule has 0 amide bonds. The number of anilines is 1. The zero-order chi connectivity index (χ0) is 93.7. The Morgan fingerprint density at radius 1 is 0.344 bits per heavy atom. The molecule has 0 radical (unpaired) electrons. The van der Waals surface area contributed by atoms with E-state index in [4.69, 9.17) is 0 Å². The number of aromatic nitrogens is 7. The van der Waals surface area contributed by atoms with Crippen LogP contribution in [0.1, 0.15) is 284 Å². The Bertz CT molecular complexity index is 5300. The summed E-state index contributed by atoms with van der Waals surface area (Å²) < 4.78 is 18.3. The topological polar surface area (TPSA) is 36.6 Å². The Morgan fingerprint density at radius 3 is 1.32 bits per heavy atom. The number of hydrogen-bond donors (Lipinski definition) is 0. The summed E-state index contributed by atoms with van der Waals surface area (Å²) in [5.41, 5.74) is 27.4. The van der Waals surface area contributed by atoms with Crippen LogP contribution in [0.15, 0.2) is 273 Å². The molecule has 12 aromatic rings. The molecule has 1 aliphatic heterocycles. The Kier molecular flexibility index (Phi) is 56.5. The van der Waals surface area contributed by atoms with E-state index in [9.17, 15) is 0 Å². The molecular weight excluding hydrogens is 1560 g/mol. The maximum Gasteiger partial charge on any atom is 0.294 e. The largest absolute Gasteiger partial charge is 0.294 e. The van der Waals surface area contributed by atoms with Gasteiger partial charge in [0, 0.05) is 47.1 Å². The van der Waals surface area contributed by atoms with E-state index in [2.05, 4.69) is 379 Å². The monoisotopic (exact) mass is 1740 g/mol. The van der Waals surface area contributed by atoms with Gasteiger partial charge in [-0.15, -0.1) is 0 Å². The van der Waals surface area contributed by atoms with E-state index in [1.54, 1.807) is 5.56 Å². The fraction of sp³-hybridized carbons (Fsp3) is 0.420. The van der Waals surface area contributed by atoms with Crippen LogP contribution in [0.3, 0.4) is 0 Å². The van der Waals surface area contributed by atoms with Crippen molar-refractivity contribution in [2.75, 3.05) is 11.9 Å². The number of rotatable bonds is 9. The SMILES string of the molecule is C.C.C.CC.CC.CC.CC.CC.CC.CC.CC.CC.CC.CC.CC.CC.CC1=C(c2n(-c3ccccc3)cc[n+]2C)C2CC2C=C1.Cc1c(-c2ccc3ccccc3[n+]2C)ccc2c1C2.Cc1ccccc1-c1n(-c2cccc3c2C3)cc[n+]1C.Cc1ccccc1-c1n(C2=CC3CC3C=C2)cc[n+]1C.Cc1ccccc1C1=[N+](C)C2CC2N1c1ccccc1. The number of para-hydroxylation sites is 3. The standard InChI is InChI=1S/C18H17N2.3C18H19N2.C18H16N.13C2H6.3CH4/c1-13-6-3-4-8-15(13)18-19(2)10-11-20(18)17-9-5-7-14-12-16(14)17;1-13-8-6-7-11-15(13)18-19(2)16-12-17(16)20(18)14-9-4-3-5-10-14;1-13-5-3-4-6-17(13)18-19(2)9-10-20(18)16-8-7-14-11-15(14)12-16;1-13-8-9-14-12-16(14)17(13)18-19(2)10-11-20(18)15-6-4-3-5-7-15;1-12-15(9-7-14-11-16(12)14)18-10-8-13-5-3-4-6-17(13)19(18)2;13*1-2;;;/h3-11H,12H2,1-2H3;3-11,16-17H,12H2,1-2H3;3-10,12,14-15H,11H2,1-2H3;3-11,14,16H,12H2,1-2H3;3-10H,11H2,1-2H3;13*1-2H3;3*1H4/q5*+1;;;;;;;;;;;;;;;;. The highest BCUT2D eigenvalue weighted by atomic mass is 15.4. The third kappa shape index (κ3) is 28.9. The maximum atomic E-state index is 2.52. The van der Waals surface area contributed by atoms with Crippen molar-refractivity contribution in [2.45, 2.75) is 281 Å². The van der Waals surface area contributed by atoms with Gasteiger partial charge in [-0.1, -0.05) is 342 Å². The molecule has 7 aliphatic carbocycles. The number of pyridine rings is 1. The van der Waals surface area contributed by atoms with Gasteiger partial charge in [-0.3, -0.25) is 4.58 Å². The van der Waals surface area contributed by atoms with Gasteiger partial charge < -0.3 is 0 Å². The molecule has 6 unspecified atom stereocenters. The predicted molar refractivity (Wildman–Crippen MR) is 569 cm³/mol. The average molecular weight is 1740 g/mol. The van der Waals surface area contributed by atoms with Crippen molar-refractivity contribution in [3.63, 3.8) is 0 Å². The third-order valence-electron chi connectivity index (χ3n) is 21.9. The summed E-state index contributed by atoms with van der Waals surface area (Å²) in [4.78, 5) is 2.52. The van der Waals surface area contributed by atoms with Gasteiger partial charge in [-0.2, -0.15) is 18.3 Å². The normalized spacial score (nSPS) is 15.5. The third-order valence-corrected chi connectivity index (χ3v) is 21.9. The molecular formula is C119H180N9+5. The van der Waals surface area contributed by atoms with Crippen LogP contribution in [0.25, 0.3) is 67.6 Å². The number of hydrogen-bond acceptors (Lipinski definition) is 1. The Labute approximate surface area is 784 Å². The molecule has 8 aliphatic rings. The lowest BCUT2D eigenvalue weighted by atomic mass is 9.97. The van der Waals surface area contributed by atoms with Gasteiger partial charge in [-0.05, 0) is 201 Å². The molecule has 6 atom stereocenters. The van der Waals surface area contributed by atoms with Crippen LogP contribution in [0, 0.1) is 51.4 Å². The molecule has 8 aromatic carbocycles. The number of benzene rings is 8. The Hall–Kier alpha value is -10.8. The minimum Gasteiger partial charge on any atom is -0.257 e. The summed E-state index contributed by atoms with van der Waals surface area (Å²) in [6.45, 7) is 63.0. The van der Waals surface area contributed by atoms with E-state index < -0.39 is 0 Å². The number of aryl methyl sites for hydroxylation is 7. The quantitative estimate of drug-likeness (QED) is 0.133. The minimum atomic E-state index is 0. The fourth-order valence-corrected chi connectivity index (χ4v) is 15.9. The first-order valence-electron chi connectivity index (χ1n) is 48.6. The summed E-state index contributed by atoms with van der Waals surface area (Å²) in [5.74, 6) is 8.25. The lowest BCUT2D eigenvalue weighted by Gasteiger charge is -2.17. The maximum absolute atomic E-state index is 2.52. The highest BCUT2D eigenvalue weighted by Crippen LogP contribution is 2.53. The van der Waals surface area contributed by atoms with Crippen LogP contribution in [-0.2, 0) is 41.0 Å². The lowest BCUT2D eigenvalue weighted by Crippen LogP contribution is -2.34. The molecule has 0 bridgehead atoms. The molecule has 696 valence electrons. The van der Waals surface area contributed by atoms with Gasteiger partial charge in [-0.25, -0.2) is 18.6 Å². The van der Waals surface area contributed by atoms with Crippen LogP contribution < -0.4 is 23.2 Å². The molecule has 9 nitrogen and oxygen atoms in total. The van der Waals surface area contributed by atoms with Crippen molar-refractivity contribution in [1.29, 1.82) is 0 Å². The van der Waals surface area contributed by atoms with Crippen molar-refractivity contribution >= 4 is 33.7 Å².